The molecule has 2 heterocycles. The van der Waals surface area contributed by atoms with E-state index in [1.165, 1.54) is 18.5 Å². The van der Waals surface area contributed by atoms with Gasteiger partial charge in [-0.2, -0.15) is 0 Å². The molecule has 4 nitrogen and oxygen atoms in total. The lowest BCUT2D eigenvalue weighted by atomic mass is 10.0. The fourth-order valence-corrected chi connectivity index (χ4v) is 3.64. The Kier molecular flexibility index (Phi) is 4.44. The first-order valence-corrected chi connectivity index (χ1v) is 9.56. The van der Waals surface area contributed by atoms with Crippen LogP contribution in [0.25, 0.3) is 12.3 Å². The molecule has 1 aliphatic carbocycles. The number of fused-ring (bicyclic) bond motifs is 1. The highest BCUT2D eigenvalue weighted by Crippen LogP contribution is 2.43. The first-order chi connectivity index (χ1) is 13.6. The molecule has 2 aromatic rings. The summed E-state index contributed by atoms with van der Waals surface area (Å²) in [5.74, 6) is -3.63. The van der Waals surface area contributed by atoms with Crippen molar-refractivity contribution in [2.24, 2.45) is 0 Å². The lowest BCUT2D eigenvalue weighted by Gasteiger charge is -2.30. The smallest absolute Gasteiger partial charge is 0.273 e. The van der Waals surface area contributed by atoms with Crippen molar-refractivity contribution < 1.29 is 13.2 Å². The van der Waals surface area contributed by atoms with Crippen LogP contribution in [0.4, 0.5) is 19.0 Å². The lowest BCUT2D eigenvalue weighted by molar-refractivity contribution is 0.0136. The van der Waals surface area contributed by atoms with E-state index in [-0.39, 0.29) is 11.1 Å². The van der Waals surface area contributed by atoms with E-state index in [0.29, 0.717) is 12.7 Å². The number of nitrogens with zero attached hydrogens (tertiary/aromatic N) is 3. The van der Waals surface area contributed by atoms with Crippen LogP contribution in [-0.4, -0.2) is 20.4 Å². The molecule has 1 N–H and O–H groups in total. The van der Waals surface area contributed by atoms with Gasteiger partial charge in [0.25, 0.3) is 5.92 Å². The zero-order valence-electron chi connectivity index (χ0n) is 16.6. The summed E-state index contributed by atoms with van der Waals surface area (Å²) < 4.78 is 42.2. The van der Waals surface area contributed by atoms with Crippen LogP contribution in [-0.2, 0) is 5.92 Å². The fourth-order valence-electron chi connectivity index (χ4n) is 3.64. The van der Waals surface area contributed by atoms with Crippen LogP contribution in [0.2, 0.25) is 0 Å². The highest BCUT2D eigenvalue weighted by atomic mass is 19.3. The van der Waals surface area contributed by atoms with E-state index in [9.17, 15) is 13.2 Å². The van der Waals surface area contributed by atoms with Crippen LogP contribution < -0.4 is 15.9 Å². The van der Waals surface area contributed by atoms with Crippen molar-refractivity contribution in [3.05, 3.63) is 64.3 Å². The number of allylic oxidation sites excluding steroid dienone is 1. The van der Waals surface area contributed by atoms with Crippen molar-refractivity contribution in [2.75, 3.05) is 5.32 Å². The maximum absolute atomic E-state index is 14.8. The van der Waals surface area contributed by atoms with Gasteiger partial charge in [0, 0.05) is 29.9 Å². The van der Waals surface area contributed by atoms with Crippen molar-refractivity contribution in [3.63, 3.8) is 0 Å². The van der Waals surface area contributed by atoms with E-state index in [1.54, 1.807) is 6.92 Å². The van der Waals surface area contributed by atoms with Crippen LogP contribution in [0.5, 0.6) is 0 Å². The fraction of sp³-hybridized carbons (Fsp3) is 0.364. The molecule has 2 aliphatic rings. The maximum Gasteiger partial charge on any atom is 0.273 e. The molecule has 0 amide bonds. The molecule has 1 unspecified atom stereocenters. The van der Waals surface area contributed by atoms with Crippen LogP contribution in [0, 0.1) is 5.82 Å². The molecule has 1 saturated carbocycles. The van der Waals surface area contributed by atoms with Crippen molar-refractivity contribution in [1.82, 2.24) is 14.9 Å². The summed E-state index contributed by atoms with van der Waals surface area (Å²) in [5, 5.41) is 4.66. The number of hydrogen-bond acceptors (Lipinski definition) is 4. The highest BCUT2D eigenvalue weighted by molar-refractivity contribution is 5.57. The monoisotopic (exact) mass is 400 g/mol. The summed E-state index contributed by atoms with van der Waals surface area (Å²) in [6.45, 7) is 8.70. The maximum atomic E-state index is 14.8. The largest absolute Gasteiger partial charge is 0.363 e. The number of anilines is 1. The van der Waals surface area contributed by atoms with Crippen molar-refractivity contribution in [3.8, 4) is 0 Å². The number of halogens is 3. The third-order valence-electron chi connectivity index (χ3n) is 5.66. The van der Waals surface area contributed by atoms with E-state index in [2.05, 4.69) is 33.7 Å². The Morgan fingerprint density at radius 2 is 2.00 bits per heavy atom. The van der Waals surface area contributed by atoms with Gasteiger partial charge in [-0.1, -0.05) is 24.8 Å². The minimum absolute atomic E-state index is 0.0388. The molecular weight excluding hydrogens is 377 g/mol. The van der Waals surface area contributed by atoms with Gasteiger partial charge < -0.3 is 10.2 Å². The van der Waals surface area contributed by atoms with Gasteiger partial charge in [-0.05, 0) is 32.8 Å². The van der Waals surface area contributed by atoms with Crippen LogP contribution in [0.1, 0.15) is 50.8 Å². The first kappa shape index (κ1) is 19.5. The summed E-state index contributed by atoms with van der Waals surface area (Å²) in [6, 6.07) is 3.49. The zero-order valence-corrected chi connectivity index (χ0v) is 16.6. The molecule has 0 spiro atoms. The van der Waals surface area contributed by atoms with Gasteiger partial charge >= 0.3 is 0 Å². The normalized spacial score (nSPS) is 18.4. The highest BCUT2D eigenvalue weighted by Gasteiger charge is 2.43. The summed E-state index contributed by atoms with van der Waals surface area (Å²) in [4.78, 5) is 10.8. The molecule has 29 heavy (non-hydrogen) atoms. The summed E-state index contributed by atoms with van der Waals surface area (Å²) in [6.07, 6.45) is 7.43. The van der Waals surface area contributed by atoms with E-state index in [0.717, 1.165) is 35.2 Å². The van der Waals surface area contributed by atoms with Gasteiger partial charge in [0.05, 0.1) is 22.2 Å². The molecule has 0 radical (unpaired) electrons. The zero-order chi connectivity index (χ0) is 21.0. The van der Waals surface area contributed by atoms with E-state index in [1.807, 2.05) is 12.3 Å². The topological polar surface area (TPSA) is 41.1 Å². The second kappa shape index (κ2) is 6.61. The summed E-state index contributed by atoms with van der Waals surface area (Å²) in [7, 11) is 0. The Hall–Kier alpha value is -2.83. The van der Waals surface area contributed by atoms with E-state index >= 15 is 0 Å². The number of benzene rings is 1. The van der Waals surface area contributed by atoms with Gasteiger partial charge in [-0.15, -0.1) is 0 Å². The average Bonchev–Trinajstić information content (AvgIpc) is 3.38. The second-order valence-corrected chi connectivity index (χ2v) is 8.12. The third kappa shape index (κ3) is 3.50. The molecule has 152 valence electrons. The van der Waals surface area contributed by atoms with Gasteiger partial charge in [0.1, 0.15) is 18.0 Å². The van der Waals surface area contributed by atoms with Gasteiger partial charge in [0.2, 0.25) is 0 Å². The SMILES string of the molecule is C=C1C=c2ncnc(NC(C)c3cccc(C(C)(F)F)c3F)c2=CN1C1(C)CC1. The molecule has 7 heteroatoms. The second-order valence-electron chi connectivity index (χ2n) is 8.12. The minimum Gasteiger partial charge on any atom is -0.363 e. The molecule has 1 aromatic carbocycles. The van der Waals surface area contributed by atoms with Crippen LogP contribution in [0.3, 0.4) is 0 Å². The number of nitrogens with one attached hydrogen (secondary N) is 1. The van der Waals surface area contributed by atoms with Crippen molar-refractivity contribution in [1.29, 1.82) is 0 Å². The number of alkyl halides is 2. The summed E-state index contributed by atoms with van der Waals surface area (Å²) in [5.41, 5.74) is 0.444. The Bertz CT molecular complexity index is 1100. The molecule has 1 fully saturated rings. The molecule has 1 aliphatic heterocycles. The molecule has 4 rings (SSSR count). The Balaban J connectivity index is 1.72. The summed E-state index contributed by atoms with van der Waals surface area (Å²) >= 11 is 0. The van der Waals surface area contributed by atoms with Crippen molar-refractivity contribution in [2.45, 2.75) is 51.1 Å². The Morgan fingerprint density at radius 3 is 2.66 bits per heavy atom. The first-order valence-electron chi connectivity index (χ1n) is 9.56. The molecule has 0 bridgehead atoms. The Morgan fingerprint density at radius 1 is 1.28 bits per heavy atom. The van der Waals surface area contributed by atoms with Crippen LogP contribution >= 0.6 is 0 Å². The van der Waals surface area contributed by atoms with Gasteiger partial charge in [0.15, 0.2) is 0 Å². The minimum atomic E-state index is -3.25. The number of hydrogen-bond donors (Lipinski definition) is 1. The van der Waals surface area contributed by atoms with Crippen molar-refractivity contribution >= 4 is 18.1 Å². The molecule has 0 saturated heterocycles. The van der Waals surface area contributed by atoms with Gasteiger partial charge in [-0.25, -0.2) is 23.1 Å². The molecule has 1 aromatic heterocycles. The molecule has 1 atom stereocenters. The van der Waals surface area contributed by atoms with Crippen LogP contribution in [0.15, 0.2) is 36.8 Å². The average molecular weight is 400 g/mol. The van der Waals surface area contributed by atoms with Gasteiger partial charge in [-0.3, -0.25) is 0 Å². The predicted octanol–water partition coefficient (Wildman–Crippen LogP) is 3.80. The Labute approximate surface area is 167 Å². The predicted molar refractivity (Wildman–Crippen MR) is 107 cm³/mol. The number of rotatable bonds is 5. The lowest BCUT2D eigenvalue weighted by Crippen LogP contribution is -2.42. The quantitative estimate of drug-likeness (QED) is 0.829. The molecular formula is C22H23F3N4. The third-order valence-corrected chi connectivity index (χ3v) is 5.66. The van der Waals surface area contributed by atoms with E-state index < -0.39 is 23.3 Å². The standard InChI is InChI=1S/C22H23F3N4/c1-13-10-18-16(11-29(13)21(3)8-9-21)20(27-12-26-18)28-14(2)15-6-5-7-17(19(15)23)22(4,24)25/h5-7,10-12,14H,1,8-9H2,2-4H3,(H,26,27,28). The van der Waals surface area contributed by atoms with E-state index in [4.69, 9.17) is 0 Å². The number of aromatic nitrogens is 2.